The molecule has 1 amide bonds. The molecule has 0 aliphatic rings. The van der Waals surface area contributed by atoms with Crippen molar-refractivity contribution in [1.29, 1.82) is 0 Å². The third-order valence-electron chi connectivity index (χ3n) is 5.07. The van der Waals surface area contributed by atoms with Gasteiger partial charge in [-0.2, -0.15) is 0 Å². The maximum atomic E-state index is 12.3. The van der Waals surface area contributed by atoms with Gasteiger partial charge in [-0.25, -0.2) is 23.1 Å². The third kappa shape index (κ3) is 8.55. The van der Waals surface area contributed by atoms with Gasteiger partial charge in [-0.15, -0.1) is 0 Å². The lowest BCUT2D eigenvalue weighted by atomic mass is 10.2. The molecule has 10 nitrogen and oxygen atoms in total. The third-order valence-corrected chi connectivity index (χ3v) is 7.08. The number of nitrogens with two attached hydrogens (primary N) is 2. The molecule has 6 N–H and O–H groups in total. The standard InChI is InChI=1S/C21H31Cl2N7O3S/c1-14(2)30(13-11-26-21(31)17-19(24)29-20(25)18(23)28-17)12-5-3-4-10-27-34(32,33)16-8-6-15(22)7-9-16/h6-9,14,27H,3-5,10-13H2,1-2H3,(H,26,31)(H4,24,25,29). The van der Waals surface area contributed by atoms with Crippen LogP contribution in [0.4, 0.5) is 11.6 Å². The predicted molar refractivity (Wildman–Crippen MR) is 135 cm³/mol. The SMILES string of the molecule is CC(C)N(CCCCCNS(=O)(=O)c1ccc(Cl)cc1)CCNC(=O)c1nc(Cl)c(N)nc1N. The summed E-state index contributed by atoms with van der Waals surface area (Å²) in [6.07, 6.45) is 2.46. The minimum absolute atomic E-state index is 0.0283. The Labute approximate surface area is 210 Å². The van der Waals surface area contributed by atoms with Crippen LogP contribution in [0.3, 0.4) is 0 Å². The zero-order valence-electron chi connectivity index (χ0n) is 19.2. The number of benzene rings is 1. The van der Waals surface area contributed by atoms with Crippen LogP contribution in [0.25, 0.3) is 0 Å². The smallest absolute Gasteiger partial charge is 0.273 e. The van der Waals surface area contributed by atoms with Crippen molar-refractivity contribution >= 4 is 50.8 Å². The van der Waals surface area contributed by atoms with Gasteiger partial charge < -0.3 is 16.8 Å². The summed E-state index contributed by atoms with van der Waals surface area (Å²) >= 11 is 11.6. The average molecular weight is 532 g/mol. The van der Waals surface area contributed by atoms with Crippen LogP contribution in [0.5, 0.6) is 0 Å². The van der Waals surface area contributed by atoms with Gasteiger partial charge >= 0.3 is 0 Å². The quantitative estimate of drug-likeness (QED) is 0.287. The van der Waals surface area contributed by atoms with E-state index in [1.54, 1.807) is 12.1 Å². The van der Waals surface area contributed by atoms with Crippen molar-refractivity contribution in [2.75, 3.05) is 37.6 Å². The van der Waals surface area contributed by atoms with Crippen molar-refractivity contribution in [3.8, 4) is 0 Å². The monoisotopic (exact) mass is 531 g/mol. The van der Waals surface area contributed by atoms with Crippen molar-refractivity contribution in [2.24, 2.45) is 0 Å². The number of hydrogen-bond donors (Lipinski definition) is 4. The van der Waals surface area contributed by atoms with Crippen LogP contribution in [0, 0.1) is 0 Å². The Hall–Kier alpha value is -2.18. The number of sulfonamides is 1. The summed E-state index contributed by atoms with van der Waals surface area (Å²) in [5, 5.41) is 3.19. The van der Waals surface area contributed by atoms with Gasteiger partial charge in [0.25, 0.3) is 5.91 Å². The fourth-order valence-corrected chi connectivity index (χ4v) is 4.48. The van der Waals surface area contributed by atoms with E-state index in [0.29, 0.717) is 31.1 Å². The molecule has 0 saturated carbocycles. The number of unbranched alkanes of at least 4 members (excludes halogenated alkanes) is 2. The Morgan fingerprint density at radius 3 is 2.32 bits per heavy atom. The summed E-state index contributed by atoms with van der Waals surface area (Å²) in [5.74, 6) is -0.574. The molecule has 188 valence electrons. The number of hydrogen-bond acceptors (Lipinski definition) is 8. The van der Waals surface area contributed by atoms with Crippen LogP contribution in [-0.2, 0) is 10.0 Å². The highest BCUT2D eigenvalue weighted by Crippen LogP contribution is 2.17. The van der Waals surface area contributed by atoms with Gasteiger partial charge in [0.1, 0.15) is 0 Å². The van der Waals surface area contributed by atoms with Gasteiger partial charge in [0.05, 0.1) is 4.90 Å². The Morgan fingerprint density at radius 1 is 1.00 bits per heavy atom. The number of carbonyl (C=O) groups excluding carboxylic acids is 1. The summed E-state index contributed by atoms with van der Waals surface area (Å²) in [7, 11) is -3.54. The lowest BCUT2D eigenvalue weighted by molar-refractivity contribution is 0.0940. The minimum Gasteiger partial charge on any atom is -0.382 e. The fraction of sp³-hybridized carbons (Fsp3) is 0.476. The molecule has 1 aromatic heterocycles. The Kier molecular flexibility index (Phi) is 10.8. The number of anilines is 2. The van der Waals surface area contributed by atoms with Crippen molar-refractivity contribution in [3.05, 3.63) is 40.1 Å². The van der Waals surface area contributed by atoms with Gasteiger partial charge in [-0.05, 0) is 57.5 Å². The molecule has 0 fully saturated rings. The molecule has 1 heterocycles. The van der Waals surface area contributed by atoms with Crippen molar-refractivity contribution in [3.63, 3.8) is 0 Å². The summed E-state index contributed by atoms with van der Waals surface area (Å²) in [6.45, 7) is 6.34. The van der Waals surface area contributed by atoms with Crippen LogP contribution in [-0.4, -0.2) is 61.4 Å². The largest absolute Gasteiger partial charge is 0.382 e. The van der Waals surface area contributed by atoms with E-state index in [9.17, 15) is 13.2 Å². The second-order valence-electron chi connectivity index (χ2n) is 7.93. The number of halogens is 2. The van der Waals surface area contributed by atoms with Crippen LogP contribution < -0.4 is 21.5 Å². The molecule has 1 aromatic carbocycles. The first-order valence-corrected chi connectivity index (χ1v) is 13.1. The Bertz CT molecular complexity index is 1070. The van der Waals surface area contributed by atoms with E-state index < -0.39 is 15.9 Å². The van der Waals surface area contributed by atoms with Crippen LogP contribution in [0.2, 0.25) is 10.2 Å². The lowest BCUT2D eigenvalue weighted by Crippen LogP contribution is -2.39. The number of rotatable bonds is 13. The Morgan fingerprint density at radius 2 is 1.68 bits per heavy atom. The molecule has 2 aromatic rings. The number of nitrogens with zero attached hydrogens (tertiary/aromatic N) is 3. The van der Waals surface area contributed by atoms with Crippen molar-refractivity contribution < 1.29 is 13.2 Å². The predicted octanol–water partition coefficient (Wildman–Crippen LogP) is 2.54. The molecule has 2 rings (SSSR count). The normalized spacial score (nSPS) is 11.8. The summed E-state index contributed by atoms with van der Waals surface area (Å²) in [6, 6.07) is 6.33. The first-order valence-electron chi connectivity index (χ1n) is 10.9. The molecule has 0 saturated heterocycles. The minimum atomic E-state index is -3.54. The molecule has 34 heavy (non-hydrogen) atoms. The molecule has 0 unspecified atom stereocenters. The zero-order valence-corrected chi connectivity index (χ0v) is 21.6. The van der Waals surface area contributed by atoms with E-state index in [4.69, 9.17) is 34.7 Å². The van der Waals surface area contributed by atoms with Crippen LogP contribution in [0.15, 0.2) is 29.2 Å². The molecule has 0 radical (unpaired) electrons. The highest BCUT2D eigenvalue weighted by atomic mass is 35.5. The van der Waals surface area contributed by atoms with E-state index in [-0.39, 0.29) is 33.4 Å². The maximum Gasteiger partial charge on any atom is 0.273 e. The number of nitrogen functional groups attached to an aromatic ring is 2. The molecule has 13 heteroatoms. The summed E-state index contributed by atoms with van der Waals surface area (Å²) in [5.41, 5.74) is 11.2. The zero-order chi connectivity index (χ0) is 25.3. The number of nitrogens with one attached hydrogen (secondary N) is 2. The Balaban J connectivity index is 1.71. The summed E-state index contributed by atoms with van der Waals surface area (Å²) < 4.78 is 27.2. The van der Waals surface area contributed by atoms with Gasteiger partial charge in [-0.1, -0.05) is 29.6 Å². The summed E-state index contributed by atoms with van der Waals surface area (Å²) in [4.78, 5) is 22.5. The van der Waals surface area contributed by atoms with Crippen molar-refractivity contribution in [2.45, 2.75) is 44.0 Å². The molecule has 0 aliphatic carbocycles. The van der Waals surface area contributed by atoms with E-state index in [1.807, 2.05) is 0 Å². The highest BCUT2D eigenvalue weighted by Gasteiger charge is 2.17. The van der Waals surface area contributed by atoms with Gasteiger partial charge in [0.15, 0.2) is 22.5 Å². The molecule has 0 bridgehead atoms. The van der Waals surface area contributed by atoms with E-state index in [0.717, 1.165) is 19.4 Å². The number of aromatic nitrogens is 2. The molecule has 0 atom stereocenters. The fourth-order valence-electron chi connectivity index (χ4n) is 3.15. The second-order valence-corrected chi connectivity index (χ2v) is 10.5. The first-order chi connectivity index (χ1) is 16.0. The molecule has 0 spiro atoms. The topological polar surface area (TPSA) is 156 Å². The maximum absolute atomic E-state index is 12.3. The average Bonchev–Trinajstić information content (AvgIpc) is 2.77. The van der Waals surface area contributed by atoms with Crippen LogP contribution >= 0.6 is 23.2 Å². The first kappa shape index (κ1) is 28.1. The van der Waals surface area contributed by atoms with Crippen LogP contribution in [0.1, 0.15) is 43.6 Å². The molecular formula is C21H31Cl2N7O3S. The van der Waals surface area contributed by atoms with E-state index in [2.05, 4.69) is 38.8 Å². The van der Waals surface area contributed by atoms with E-state index in [1.165, 1.54) is 12.1 Å². The van der Waals surface area contributed by atoms with Crippen molar-refractivity contribution in [1.82, 2.24) is 24.9 Å². The molecule has 0 aliphatic heterocycles. The molecular weight excluding hydrogens is 501 g/mol. The lowest BCUT2D eigenvalue weighted by Gasteiger charge is -2.26. The van der Waals surface area contributed by atoms with Gasteiger partial charge in [0, 0.05) is 30.7 Å². The highest BCUT2D eigenvalue weighted by molar-refractivity contribution is 7.89. The number of carbonyl (C=O) groups is 1. The number of amides is 1. The van der Waals surface area contributed by atoms with Gasteiger partial charge in [0.2, 0.25) is 10.0 Å². The second kappa shape index (κ2) is 13.1. The van der Waals surface area contributed by atoms with Gasteiger partial charge in [-0.3, -0.25) is 9.69 Å². The van der Waals surface area contributed by atoms with E-state index >= 15 is 0 Å².